The summed E-state index contributed by atoms with van der Waals surface area (Å²) in [6, 6.07) is 11.2. The van der Waals surface area contributed by atoms with Crippen molar-refractivity contribution in [3.63, 3.8) is 0 Å². The maximum absolute atomic E-state index is 11.6. The van der Waals surface area contributed by atoms with E-state index in [1.54, 1.807) is 18.2 Å². The van der Waals surface area contributed by atoms with Gasteiger partial charge < -0.3 is 20.1 Å². The predicted octanol–water partition coefficient (Wildman–Crippen LogP) is 4.63. The van der Waals surface area contributed by atoms with Crippen molar-refractivity contribution in [2.45, 2.75) is 37.7 Å². The Hall–Kier alpha value is -1.79. The lowest BCUT2D eigenvalue weighted by Gasteiger charge is -2.39. The van der Waals surface area contributed by atoms with Gasteiger partial charge in [0.05, 0.1) is 12.2 Å². The van der Waals surface area contributed by atoms with Gasteiger partial charge in [-0.05, 0) is 49.4 Å². The third kappa shape index (κ3) is 4.75. The second-order valence-electron chi connectivity index (χ2n) is 8.04. The zero-order chi connectivity index (χ0) is 21.1. The number of nitrogens with one attached hydrogen (secondary N) is 1. The Bertz CT molecular complexity index is 906. The molecular weight excluding hydrogens is 423 g/mol. The molecule has 1 fully saturated rings. The minimum atomic E-state index is -0.976. The second-order valence-corrected chi connectivity index (χ2v) is 8.85. The molecule has 2 aromatic rings. The number of ether oxygens (including phenoxy) is 1. The molecule has 0 atom stereocenters. The molecule has 7 heteroatoms. The summed E-state index contributed by atoms with van der Waals surface area (Å²) in [5, 5.41) is 15.1. The van der Waals surface area contributed by atoms with Crippen LogP contribution in [0.25, 0.3) is 0 Å². The normalized spacial score (nSPS) is 18.6. The SMILES string of the molecule is O=C1CCc2ccc(OCCCN3CCC(O)(c4c(Cl)cccc4Cl)CC3)cc2N1. The van der Waals surface area contributed by atoms with Crippen molar-refractivity contribution in [2.24, 2.45) is 0 Å². The lowest BCUT2D eigenvalue weighted by Crippen LogP contribution is -2.43. The summed E-state index contributed by atoms with van der Waals surface area (Å²) in [5.41, 5.74) is 1.69. The number of piperidine rings is 1. The summed E-state index contributed by atoms with van der Waals surface area (Å²) in [6.45, 7) is 3.06. The highest BCUT2D eigenvalue weighted by molar-refractivity contribution is 6.36. The highest BCUT2D eigenvalue weighted by Gasteiger charge is 2.37. The van der Waals surface area contributed by atoms with Crippen LogP contribution in [0, 0.1) is 0 Å². The monoisotopic (exact) mass is 448 g/mol. The molecule has 2 aliphatic heterocycles. The molecule has 0 radical (unpaired) electrons. The Morgan fingerprint density at radius 2 is 1.83 bits per heavy atom. The Labute approximate surface area is 186 Å². The number of amides is 1. The molecular formula is C23H26Cl2N2O3. The molecule has 30 heavy (non-hydrogen) atoms. The van der Waals surface area contributed by atoms with Crippen molar-refractivity contribution in [2.75, 3.05) is 31.6 Å². The Morgan fingerprint density at radius 1 is 1.10 bits per heavy atom. The van der Waals surface area contributed by atoms with E-state index in [1.165, 1.54) is 0 Å². The fraction of sp³-hybridized carbons (Fsp3) is 0.435. The van der Waals surface area contributed by atoms with Crippen LogP contribution in [0.1, 0.15) is 36.8 Å². The smallest absolute Gasteiger partial charge is 0.224 e. The predicted molar refractivity (Wildman–Crippen MR) is 120 cm³/mol. The van der Waals surface area contributed by atoms with E-state index in [2.05, 4.69) is 10.2 Å². The van der Waals surface area contributed by atoms with Crippen LogP contribution in [0.5, 0.6) is 5.75 Å². The molecule has 0 spiro atoms. The van der Waals surface area contributed by atoms with Crippen LogP contribution in [-0.2, 0) is 16.8 Å². The average Bonchev–Trinajstić information content (AvgIpc) is 2.72. The molecule has 5 nitrogen and oxygen atoms in total. The van der Waals surface area contributed by atoms with Crippen LogP contribution >= 0.6 is 23.2 Å². The summed E-state index contributed by atoms with van der Waals surface area (Å²) in [4.78, 5) is 13.9. The number of aryl methyl sites for hydroxylation is 1. The number of carbonyl (C=O) groups is 1. The molecule has 1 amide bonds. The Balaban J connectivity index is 1.24. The van der Waals surface area contributed by atoms with Crippen LogP contribution in [-0.4, -0.2) is 42.2 Å². The molecule has 0 aromatic heterocycles. The molecule has 0 aliphatic carbocycles. The first-order chi connectivity index (χ1) is 14.4. The van der Waals surface area contributed by atoms with Crippen LogP contribution in [0.4, 0.5) is 5.69 Å². The van der Waals surface area contributed by atoms with Gasteiger partial charge in [-0.15, -0.1) is 0 Å². The lowest BCUT2D eigenvalue weighted by molar-refractivity contribution is -0.116. The quantitative estimate of drug-likeness (QED) is 0.632. The third-order valence-corrected chi connectivity index (χ3v) is 6.61. The van der Waals surface area contributed by atoms with E-state index in [0.29, 0.717) is 41.5 Å². The minimum absolute atomic E-state index is 0.0581. The zero-order valence-corrected chi connectivity index (χ0v) is 18.3. The molecule has 160 valence electrons. The first kappa shape index (κ1) is 21.4. The number of hydrogen-bond acceptors (Lipinski definition) is 4. The van der Waals surface area contributed by atoms with Crippen molar-refractivity contribution >= 4 is 34.8 Å². The van der Waals surface area contributed by atoms with Crippen LogP contribution < -0.4 is 10.1 Å². The first-order valence-electron chi connectivity index (χ1n) is 10.4. The number of benzene rings is 2. The van der Waals surface area contributed by atoms with Crippen molar-refractivity contribution in [3.05, 3.63) is 57.6 Å². The molecule has 0 bridgehead atoms. The van der Waals surface area contributed by atoms with Gasteiger partial charge in [0, 0.05) is 53.4 Å². The maximum Gasteiger partial charge on any atom is 0.224 e. The number of fused-ring (bicyclic) bond motifs is 1. The van der Waals surface area contributed by atoms with E-state index in [9.17, 15) is 9.90 Å². The molecule has 2 N–H and O–H groups in total. The average molecular weight is 449 g/mol. The topological polar surface area (TPSA) is 61.8 Å². The number of nitrogens with zero attached hydrogens (tertiary/aromatic N) is 1. The fourth-order valence-electron chi connectivity index (χ4n) is 4.26. The highest BCUT2D eigenvalue weighted by atomic mass is 35.5. The molecule has 2 heterocycles. The molecule has 2 aromatic carbocycles. The summed E-state index contributed by atoms with van der Waals surface area (Å²) in [7, 11) is 0. The van der Waals surface area contributed by atoms with E-state index in [4.69, 9.17) is 27.9 Å². The number of aliphatic hydroxyl groups is 1. The van der Waals surface area contributed by atoms with Crippen molar-refractivity contribution < 1.29 is 14.6 Å². The van der Waals surface area contributed by atoms with Gasteiger partial charge in [0.25, 0.3) is 0 Å². The zero-order valence-electron chi connectivity index (χ0n) is 16.8. The van der Waals surface area contributed by atoms with Crippen molar-refractivity contribution in [1.82, 2.24) is 4.90 Å². The lowest BCUT2D eigenvalue weighted by atomic mass is 9.84. The van der Waals surface area contributed by atoms with Gasteiger partial charge >= 0.3 is 0 Å². The summed E-state index contributed by atoms with van der Waals surface area (Å²) in [6.07, 6.45) is 3.40. The maximum atomic E-state index is 11.6. The van der Waals surface area contributed by atoms with Gasteiger partial charge in [-0.2, -0.15) is 0 Å². The van der Waals surface area contributed by atoms with Crippen LogP contribution in [0.15, 0.2) is 36.4 Å². The second kappa shape index (κ2) is 9.15. The van der Waals surface area contributed by atoms with E-state index in [1.807, 2.05) is 18.2 Å². The van der Waals surface area contributed by atoms with E-state index < -0.39 is 5.60 Å². The van der Waals surface area contributed by atoms with Gasteiger partial charge in [0.2, 0.25) is 5.91 Å². The molecule has 2 aliphatic rings. The largest absolute Gasteiger partial charge is 0.493 e. The number of halogens is 2. The number of rotatable bonds is 6. The Kier molecular flexibility index (Phi) is 6.54. The van der Waals surface area contributed by atoms with Gasteiger partial charge in [0.15, 0.2) is 0 Å². The summed E-state index contributed by atoms with van der Waals surface area (Å²) >= 11 is 12.6. The molecule has 0 saturated carbocycles. The molecule has 4 rings (SSSR count). The van der Waals surface area contributed by atoms with Crippen LogP contribution in [0.2, 0.25) is 10.0 Å². The highest BCUT2D eigenvalue weighted by Crippen LogP contribution is 2.40. The van der Waals surface area contributed by atoms with Crippen LogP contribution in [0.3, 0.4) is 0 Å². The molecule has 0 unspecified atom stereocenters. The number of likely N-dealkylation sites (tertiary alicyclic amines) is 1. The molecule has 1 saturated heterocycles. The van der Waals surface area contributed by atoms with E-state index in [-0.39, 0.29) is 5.91 Å². The van der Waals surface area contributed by atoms with Crippen molar-refractivity contribution in [3.8, 4) is 5.75 Å². The number of carbonyl (C=O) groups excluding carboxylic acids is 1. The first-order valence-corrected chi connectivity index (χ1v) is 11.1. The van der Waals surface area contributed by atoms with E-state index >= 15 is 0 Å². The van der Waals surface area contributed by atoms with Gasteiger partial charge in [-0.25, -0.2) is 0 Å². The van der Waals surface area contributed by atoms with Crippen molar-refractivity contribution in [1.29, 1.82) is 0 Å². The minimum Gasteiger partial charge on any atom is -0.493 e. The van der Waals surface area contributed by atoms with E-state index in [0.717, 1.165) is 49.5 Å². The van der Waals surface area contributed by atoms with Gasteiger partial charge in [0.1, 0.15) is 5.75 Å². The number of hydrogen-bond donors (Lipinski definition) is 2. The van der Waals surface area contributed by atoms with Gasteiger partial charge in [-0.3, -0.25) is 4.79 Å². The summed E-state index contributed by atoms with van der Waals surface area (Å²) < 4.78 is 5.88. The Morgan fingerprint density at radius 3 is 2.57 bits per heavy atom. The third-order valence-electron chi connectivity index (χ3n) is 5.98. The standard InChI is InChI=1S/C23H26Cl2N2O3/c24-18-3-1-4-19(25)22(18)23(29)9-12-27(13-10-23)11-2-14-30-17-7-5-16-6-8-21(28)26-20(16)15-17/h1,3-5,7,15,29H,2,6,8-14H2,(H,26,28). The number of anilines is 1. The summed E-state index contributed by atoms with van der Waals surface area (Å²) in [5.74, 6) is 0.833. The fourth-order valence-corrected chi connectivity index (χ4v) is 5.01. The van der Waals surface area contributed by atoms with Gasteiger partial charge in [-0.1, -0.05) is 35.3 Å².